The van der Waals surface area contributed by atoms with Crippen molar-refractivity contribution in [1.82, 2.24) is 5.32 Å². The fourth-order valence-electron chi connectivity index (χ4n) is 2.97. The van der Waals surface area contributed by atoms with Crippen LogP contribution in [-0.2, 0) is 11.2 Å². The van der Waals surface area contributed by atoms with E-state index in [0.29, 0.717) is 12.3 Å². The molecular weight excluding hydrogens is 224 g/mol. The Labute approximate surface area is 108 Å². The Kier molecular flexibility index (Phi) is 2.86. The number of benzene rings is 1. The van der Waals surface area contributed by atoms with Crippen molar-refractivity contribution in [2.24, 2.45) is 5.73 Å². The third-order valence-corrected chi connectivity index (χ3v) is 4.37. The lowest BCUT2D eigenvalue weighted by atomic mass is 9.75. The quantitative estimate of drug-likeness (QED) is 0.847. The van der Waals surface area contributed by atoms with Crippen molar-refractivity contribution >= 4 is 5.91 Å². The van der Waals surface area contributed by atoms with Gasteiger partial charge in [-0.2, -0.15) is 0 Å². The molecule has 3 nitrogen and oxygen atoms in total. The molecule has 3 N–H and O–H groups in total. The molecule has 3 heteroatoms. The molecule has 0 heterocycles. The van der Waals surface area contributed by atoms with E-state index >= 15 is 0 Å². The Bertz CT molecular complexity index is 465. The van der Waals surface area contributed by atoms with E-state index in [9.17, 15) is 4.79 Å². The minimum atomic E-state index is -0.207. The third-order valence-electron chi connectivity index (χ3n) is 4.37. The van der Waals surface area contributed by atoms with Gasteiger partial charge in [-0.05, 0) is 36.8 Å². The minimum Gasteiger partial charge on any atom is -0.355 e. The first-order valence-corrected chi connectivity index (χ1v) is 6.80. The van der Waals surface area contributed by atoms with Crippen LogP contribution < -0.4 is 11.1 Å². The summed E-state index contributed by atoms with van der Waals surface area (Å²) in [6, 6.07) is 8.46. The van der Waals surface area contributed by atoms with Crippen molar-refractivity contribution in [3.63, 3.8) is 0 Å². The minimum absolute atomic E-state index is 0.113. The highest BCUT2D eigenvalue weighted by Crippen LogP contribution is 2.34. The van der Waals surface area contributed by atoms with Crippen molar-refractivity contribution in [2.75, 3.05) is 6.54 Å². The van der Waals surface area contributed by atoms with Gasteiger partial charge in [-0.3, -0.25) is 4.79 Å². The van der Waals surface area contributed by atoms with E-state index in [4.69, 9.17) is 5.73 Å². The molecule has 0 spiro atoms. The zero-order chi connectivity index (χ0) is 12.6. The van der Waals surface area contributed by atoms with Crippen LogP contribution in [0.2, 0.25) is 0 Å². The van der Waals surface area contributed by atoms with Crippen LogP contribution in [0.1, 0.15) is 42.7 Å². The highest BCUT2D eigenvalue weighted by atomic mass is 16.1. The summed E-state index contributed by atoms with van der Waals surface area (Å²) in [6.45, 7) is 0.756. The number of nitrogens with two attached hydrogens (primary N) is 1. The fraction of sp³-hybridized carbons (Fsp3) is 0.533. The Morgan fingerprint density at radius 1 is 1.39 bits per heavy atom. The standard InChI is InChI=1S/C15H20N2O/c16-15(6-3-7-15)9-14(18)17-10-12-8-11-4-1-2-5-13(11)12/h1-2,4-5,12H,3,6-10,16H2,(H,17,18). The molecule has 1 amide bonds. The number of hydrogen-bond acceptors (Lipinski definition) is 2. The van der Waals surface area contributed by atoms with Gasteiger partial charge in [0, 0.05) is 24.4 Å². The largest absolute Gasteiger partial charge is 0.355 e. The fourth-order valence-corrected chi connectivity index (χ4v) is 2.97. The van der Waals surface area contributed by atoms with E-state index in [1.807, 2.05) is 0 Å². The van der Waals surface area contributed by atoms with Gasteiger partial charge in [0.2, 0.25) is 5.91 Å². The van der Waals surface area contributed by atoms with Crippen molar-refractivity contribution in [3.8, 4) is 0 Å². The Balaban J connectivity index is 1.47. The van der Waals surface area contributed by atoms with Crippen molar-refractivity contribution in [3.05, 3.63) is 35.4 Å². The molecule has 0 radical (unpaired) electrons. The predicted octanol–water partition coefficient (Wildman–Crippen LogP) is 1.71. The van der Waals surface area contributed by atoms with E-state index < -0.39 is 0 Å². The third kappa shape index (κ3) is 2.15. The summed E-state index contributed by atoms with van der Waals surface area (Å²) in [5.41, 5.74) is 8.68. The van der Waals surface area contributed by atoms with Crippen LogP contribution in [0.3, 0.4) is 0 Å². The molecule has 1 unspecified atom stereocenters. The van der Waals surface area contributed by atoms with Crippen molar-refractivity contribution in [1.29, 1.82) is 0 Å². The lowest BCUT2D eigenvalue weighted by Gasteiger charge is -2.37. The zero-order valence-electron chi connectivity index (χ0n) is 10.6. The summed E-state index contributed by atoms with van der Waals surface area (Å²) in [4.78, 5) is 11.8. The second kappa shape index (κ2) is 4.39. The van der Waals surface area contributed by atoms with E-state index in [0.717, 1.165) is 25.8 Å². The number of nitrogens with one attached hydrogen (secondary N) is 1. The van der Waals surface area contributed by atoms with E-state index in [-0.39, 0.29) is 11.4 Å². The number of rotatable bonds is 4. The molecule has 0 saturated heterocycles. The van der Waals surface area contributed by atoms with Crippen molar-refractivity contribution in [2.45, 2.75) is 43.6 Å². The van der Waals surface area contributed by atoms with Crippen LogP contribution in [0.15, 0.2) is 24.3 Å². The second-order valence-corrected chi connectivity index (χ2v) is 5.80. The van der Waals surface area contributed by atoms with E-state index in [1.54, 1.807) is 0 Å². The summed E-state index contributed by atoms with van der Waals surface area (Å²) in [7, 11) is 0. The first-order valence-electron chi connectivity index (χ1n) is 6.80. The van der Waals surface area contributed by atoms with Gasteiger partial charge in [0.1, 0.15) is 0 Å². The lowest BCUT2D eigenvalue weighted by molar-refractivity contribution is -0.123. The van der Waals surface area contributed by atoms with Gasteiger partial charge in [-0.25, -0.2) is 0 Å². The molecule has 0 bridgehead atoms. The van der Waals surface area contributed by atoms with Crippen LogP contribution in [0.5, 0.6) is 0 Å². The monoisotopic (exact) mass is 244 g/mol. The number of carbonyl (C=O) groups excluding carboxylic acids is 1. The summed E-state index contributed by atoms with van der Waals surface area (Å²) in [6.07, 6.45) is 4.73. The molecule has 2 aliphatic rings. The van der Waals surface area contributed by atoms with Gasteiger partial charge in [-0.1, -0.05) is 24.3 Å². The maximum atomic E-state index is 11.8. The summed E-state index contributed by atoms with van der Waals surface area (Å²) >= 11 is 0. The molecule has 1 atom stereocenters. The molecule has 1 saturated carbocycles. The average Bonchev–Trinajstić information content (AvgIpc) is 2.28. The predicted molar refractivity (Wildman–Crippen MR) is 71.3 cm³/mol. The topological polar surface area (TPSA) is 55.1 Å². The first kappa shape index (κ1) is 11.7. The maximum Gasteiger partial charge on any atom is 0.221 e. The number of hydrogen-bond donors (Lipinski definition) is 2. The number of fused-ring (bicyclic) bond motifs is 1. The van der Waals surface area contributed by atoms with Gasteiger partial charge >= 0.3 is 0 Å². The zero-order valence-corrected chi connectivity index (χ0v) is 10.6. The molecule has 18 heavy (non-hydrogen) atoms. The first-order chi connectivity index (χ1) is 8.66. The van der Waals surface area contributed by atoms with E-state index in [2.05, 4.69) is 29.6 Å². The molecule has 1 fully saturated rings. The maximum absolute atomic E-state index is 11.8. The van der Waals surface area contributed by atoms with Crippen LogP contribution in [0, 0.1) is 0 Å². The van der Waals surface area contributed by atoms with Crippen LogP contribution in [-0.4, -0.2) is 18.0 Å². The summed E-state index contributed by atoms with van der Waals surface area (Å²) in [5, 5.41) is 3.03. The Hall–Kier alpha value is -1.35. The van der Waals surface area contributed by atoms with Gasteiger partial charge in [0.25, 0.3) is 0 Å². The molecule has 2 aliphatic carbocycles. The van der Waals surface area contributed by atoms with Gasteiger partial charge in [0.15, 0.2) is 0 Å². The Morgan fingerprint density at radius 2 is 2.17 bits per heavy atom. The average molecular weight is 244 g/mol. The van der Waals surface area contributed by atoms with Crippen LogP contribution >= 0.6 is 0 Å². The van der Waals surface area contributed by atoms with Gasteiger partial charge in [0.05, 0.1) is 0 Å². The molecule has 0 aromatic heterocycles. The SMILES string of the molecule is NC1(CC(=O)NCC2Cc3ccccc32)CCC1. The highest BCUT2D eigenvalue weighted by molar-refractivity contribution is 5.77. The normalized spacial score (nSPS) is 23.5. The molecule has 1 aromatic rings. The smallest absolute Gasteiger partial charge is 0.221 e. The van der Waals surface area contributed by atoms with E-state index in [1.165, 1.54) is 17.5 Å². The summed E-state index contributed by atoms with van der Waals surface area (Å²) < 4.78 is 0. The second-order valence-electron chi connectivity index (χ2n) is 5.80. The van der Waals surface area contributed by atoms with Gasteiger partial charge < -0.3 is 11.1 Å². The molecule has 3 rings (SSSR count). The molecular formula is C15H20N2O. The summed E-state index contributed by atoms with van der Waals surface area (Å²) in [5.74, 6) is 0.613. The Morgan fingerprint density at radius 3 is 2.83 bits per heavy atom. The molecule has 0 aliphatic heterocycles. The lowest BCUT2D eigenvalue weighted by Crippen LogP contribution is -2.50. The van der Waals surface area contributed by atoms with Crippen molar-refractivity contribution < 1.29 is 4.79 Å². The van der Waals surface area contributed by atoms with Crippen LogP contribution in [0.25, 0.3) is 0 Å². The van der Waals surface area contributed by atoms with Gasteiger partial charge in [-0.15, -0.1) is 0 Å². The number of carbonyl (C=O) groups is 1. The molecule has 1 aromatic carbocycles. The highest BCUT2D eigenvalue weighted by Gasteiger charge is 2.35. The van der Waals surface area contributed by atoms with Crippen LogP contribution in [0.4, 0.5) is 0 Å². The molecule has 96 valence electrons. The number of amides is 1.